The summed E-state index contributed by atoms with van der Waals surface area (Å²) in [6.45, 7) is 2.93. The van der Waals surface area contributed by atoms with E-state index in [0.717, 1.165) is 23.7 Å². The molecule has 1 amide bonds. The van der Waals surface area contributed by atoms with E-state index in [1.54, 1.807) is 25.8 Å². The molecule has 1 aliphatic heterocycles. The molecule has 1 aromatic carbocycles. The quantitative estimate of drug-likeness (QED) is 0.852. The molecule has 0 spiro atoms. The first-order valence-electron chi connectivity index (χ1n) is 6.04. The van der Waals surface area contributed by atoms with Crippen LogP contribution in [-0.2, 0) is 4.74 Å². The maximum atomic E-state index is 11.4. The van der Waals surface area contributed by atoms with Crippen LogP contribution in [-0.4, -0.2) is 37.3 Å². The second-order valence-electron chi connectivity index (χ2n) is 3.79. The lowest BCUT2D eigenvalue weighted by molar-refractivity contribution is 0.163. The van der Waals surface area contributed by atoms with Crippen molar-refractivity contribution in [3.05, 3.63) is 24.3 Å². The van der Waals surface area contributed by atoms with Crippen molar-refractivity contribution in [3.63, 3.8) is 0 Å². The molecule has 0 N–H and O–H groups in total. The van der Waals surface area contributed by atoms with Crippen LogP contribution in [0.5, 0.6) is 5.75 Å². The van der Waals surface area contributed by atoms with Gasteiger partial charge in [0, 0.05) is 18.0 Å². The fourth-order valence-corrected chi connectivity index (χ4v) is 2.68. The minimum Gasteiger partial charge on any atom is -0.497 e. The number of nitrogens with zero attached hydrogens (tertiary/aromatic N) is 2. The smallest absolute Gasteiger partial charge is 0.436 e. The van der Waals surface area contributed by atoms with E-state index in [0.29, 0.717) is 11.8 Å². The molecule has 0 unspecified atom stereocenters. The highest BCUT2D eigenvalue weighted by Gasteiger charge is 2.22. The van der Waals surface area contributed by atoms with E-state index in [9.17, 15) is 4.79 Å². The number of carbonyl (C=O) groups is 1. The van der Waals surface area contributed by atoms with Crippen molar-refractivity contribution in [2.45, 2.75) is 6.92 Å². The van der Waals surface area contributed by atoms with Crippen LogP contribution in [0.3, 0.4) is 0 Å². The summed E-state index contributed by atoms with van der Waals surface area (Å²) in [5.41, 5.74) is 0.994. The molecule has 0 saturated carbocycles. The number of ether oxygens (including phenoxy) is 2. The Morgan fingerprint density at radius 2 is 2.16 bits per heavy atom. The van der Waals surface area contributed by atoms with Gasteiger partial charge < -0.3 is 14.4 Å². The van der Waals surface area contributed by atoms with E-state index in [-0.39, 0.29) is 0 Å². The lowest BCUT2D eigenvalue weighted by atomic mass is 10.3. The highest BCUT2D eigenvalue weighted by atomic mass is 32.2. The van der Waals surface area contributed by atoms with Gasteiger partial charge in [-0.15, -0.1) is 0 Å². The van der Waals surface area contributed by atoms with Crippen molar-refractivity contribution in [3.8, 4) is 5.75 Å². The molecule has 1 aromatic rings. The van der Waals surface area contributed by atoms with Gasteiger partial charge in [0.2, 0.25) is 0 Å². The number of aliphatic imine (C=N–C) groups is 1. The SMILES string of the molecule is CCOC(=O)N=C1SCCN1c1ccc(OC)cc1. The van der Waals surface area contributed by atoms with Gasteiger partial charge in [0.1, 0.15) is 5.75 Å². The standard InChI is InChI=1S/C13H16N2O3S/c1-3-18-13(16)14-12-15(8-9-19-12)10-4-6-11(17-2)7-5-10/h4-7H,3,8-9H2,1-2H3. The predicted molar refractivity (Wildman–Crippen MR) is 77.3 cm³/mol. The Morgan fingerprint density at radius 3 is 2.79 bits per heavy atom. The van der Waals surface area contributed by atoms with E-state index in [1.165, 1.54) is 0 Å². The van der Waals surface area contributed by atoms with Crippen LogP contribution < -0.4 is 9.64 Å². The van der Waals surface area contributed by atoms with Crippen molar-refractivity contribution in [1.29, 1.82) is 0 Å². The molecular weight excluding hydrogens is 264 g/mol. The number of amidine groups is 1. The number of methoxy groups -OCH3 is 1. The zero-order valence-corrected chi connectivity index (χ0v) is 11.8. The summed E-state index contributed by atoms with van der Waals surface area (Å²) in [4.78, 5) is 17.4. The van der Waals surface area contributed by atoms with Crippen LogP contribution in [0.2, 0.25) is 0 Å². The third kappa shape index (κ3) is 3.41. The maximum Gasteiger partial charge on any atom is 0.436 e. The number of carbonyl (C=O) groups excluding carboxylic acids is 1. The molecular formula is C13H16N2O3S. The molecule has 0 atom stereocenters. The number of hydrogen-bond acceptors (Lipinski definition) is 4. The van der Waals surface area contributed by atoms with Gasteiger partial charge in [0.15, 0.2) is 5.17 Å². The highest BCUT2D eigenvalue weighted by molar-refractivity contribution is 8.14. The Hall–Kier alpha value is -1.69. The van der Waals surface area contributed by atoms with Crippen LogP contribution in [0.25, 0.3) is 0 Å². The van der Waals surface area contributed by atoms with Crippen LogP contribution in [0.1, 0.15) is 6.92 Å². The summed E-state index contributed by atoms with van der Waals surface area (Å²) in [6.07, 6.45) is -0.537. The van der Waals surface area contributed by atoms with E-state index >= 15 is 0 Å². The molecule has 0 radical (unpaired) electrons. The largest absolute Gasteiger partial charge is 0.497 e. The third-order valence-corrected chi connectivity index (χ3v) is 3.57. The first-order valence-corrected chi connectivity index (χ1v) is 7.03. The van der Waals surface area contributed by atoms with Crippen molar-refractivity contribution in [2.24, 2.45) is 4.99 Å². The Kier molecular flexibility index (Phi) is 4.68. The lowest BCUT2D eigenvalue weighted by Crippen LogP contribution is -2.24. The summed E-state index contributed by atoms with van der Waals surface area (Å²) < 4.78 is 9.97. The Balaban J connectivity index is 2.15. The normalized spacial score (nSPS) is 16.7. The van der Waals surface area contributed by atoms with Crippen LogP contribution in [0.15, 0.2) is 29.3 Å². The average Bonchev–Trinajstić information content (AvgIpc) is 2.87. The molecule has 5 nitrogen and oxygen atoms in total. The summed E-state index contributed by atoms with van der Waals surface area (Å²) in [6, 6.07) is 7.68. The van der Waals surface area contributed by atoms with E-state index < -0.39 is 6.09 Å². The molecule has 2 rings (SSSR count). The molecule has 102 valence electrons. The Bertz CT molecular complexity index is 473. The molecule has 1 fully saturated rings. The second-order valence-corrected chi connectivity index (χ2v) is 4.85. The van der Waals surface area contributed by atoms with Gasteiger partial charge in [-0.2, -0.15) is 4.99 Å². The van der Waals surface area contributed by atoms with E-state index in [1.807, 2.05) is 29.2 Å². The third-order valence-electron chi connectivity index (χ3n) is 2.62. The van der Waals surface area contributed by atoms with Gasteiger partial charge in [0.25, 0.3) is 0 Å². The van der Waals surface area contributed by atoms with Crippen LogP contribution in [0.4, 0.5) is 10.5 Å². The summed E-state index contributed by atoms with van der Waals surface area (Å²) in [5.74, 6) is 1.71. The first kappa shape index (κ1) is 13.7. The summed E-state index contributed by atoms with van der Waals surface area (Å²) in [7, 11) is 1.63. The zero-order valence-electron chi connectivity index (χ0n) is 11.0. The van der Waals surface area contributed by atoms with Crippen molar-refractivity contribution < 1.29 is 14.3 Å². The van der Waals surface area contributed by atoms with Gasteiger partial charge in [-0.25, -0.2) is 4.79 Å². The van der Waals surface area contributed by atoms with Crippen molar-refractivity contribution >= 4 is 28.7 Å². The number of thioether (sulfide) groups is 1. The maximum absolute atomic E-state index is 11.4. The Labute approximate surface area is 116 Å². The average molecular weight is 280 g/mol. The van der Waals surface area contributed by atoms with E-state index in [4.69, 9.17) is 9.47 Å². The fraction of sp³-hybridized carbons (Fsp3) is 0.385. The summed E-state index contributed by atoms with van der Waals surface area (Å²) >= 11 is 1.55. The number of rotatable bonds is 3. The van der Waals surface area contributed by atoms with Gasteiger partial charge in [0.05, 0.1) is 13.7 Å². The molecule has 0 bridgehead atoms. The molecule has 19 heavy (non-hydrogen) atoms. The monoisotopic (exact) mass is 280 g/mol. The van der Waals surface area contributed by atoms with Gasteiger partial charge in [-0.3, -0.25) is 0 Å². The molecule has 1 saturated heterocycles. The Morgan fingerprint density at radius 1 is 1.42 bits per heavy atom. The first-order chi connectivity index (χ1) is 9.24. The molecule has 1 heterocycles. The molecule has 0 aliphatic carbocycles. The summed E-state index contributed by atoms with van der Waals surface area (Å²) in [5, 5.41) is 0.684. The number of hydrogen-bond donors (Lipinski definition) is 0. The predicted octanol–water partition coefficient (Wildman–Crippen LogP) is 2.76. The molecule has 0 aromatic heterocycles. The van der Waals surface area contributed by atoms with Gasteiger partial charge >= 0.3 is 6.09 Å². The lowest BCUT2D eigenvalue weighted by Gasteiger charge is -2.17. The zero-order chi connectivity index (χ0) is 13.7. The van der Waals surface area contributed by atoms with Crippen LogP contribution in [0, 0.1) is 0 Å². The number of benzene rings is 1. The minimum atomic E-state index is -0.537. The number of amides is 1. The minimum absolute atomic E-state index is 0.336. The number of anilines is 1. The van der Waals surface area contributed by atoms with Crippen molar-refractivity contribution in [1.82, 2.24) is 0 Å². The van der Waals surface area contributed by atoms with Crippen LogP contribution >= 0.6 is 11.8 Å². The fourth-order valence-electron chi connectivity index (χ4n) is 1.73. The molecule has 1 aliphatic rings. The topological polar surface area (TPSA) is 51.1 Å². The van der Waals surface area contributed by atoms with Gasteiger partial charge in [-0.1, -0.05) is 11.8 Å². The molecule has 6 heteroatoms. The highest BCUT2D eigenvalue weighted by Crippen LogP contribution is 2.27. The van der Waals surface area contributed by atoms with Crippen molar-refractivity contribution in [2.75, 3.05) is 30.9 Å². The second kappa shape index (κ2) is 6.47. The van der Waals surface area contributed by atoms with E-state index in [2.05, 4.69) is 4.99 Å². The van der Waals surface area contributed by atoms with Gasteiger partial charge in [-0.05, 0) is 31.2 Å².